The highest BCUT2D eigenvalue weighted by Crippen LogP contribution is 2.35. The lowest BCUT2D eigenvalue weighted by atomic mass is 10.1. The molecule has 0 spiro atoms. The molecule has 0 aliphatic carbocycles. The molecule has 0 aliphatic rings. The first kappa shape index (κ1) is 13.9. The Balaban J connectivity index is 2.64. The Kier molecular flexibility index (Phi) is 4.33. The molecule has 2 aromatic rings. The lowest BCUT2D eigenvalue weighted by molar-refractivity contribution is 0.687. The standard InChI is InChI=1S/C13H9Cl3OS/c1-18(17)12-7-10(15)6-11(13(12)16)8-2-4-9(14)5-3-8/h2-7H,1H3. The highest BCUT2D eigenvalue weighted by atomic mass is 35.5. The highest BCUT2D eigenvalue weighted by molar-refractivity contribution is 7.84. The molecule has 0 saturated heterocycles. The summed E-state index contributed by atoms with van der Waals surface area (Å²) in [7, 11) is -1.18. The van der Waals surface area contributed by atoms with Gasteiger partial charge in [0.25, 0.3) is 0 Å². The smallest absolute Gasteiger partial charge is 0.0646 e. The summed E-state index contributed by atoms with van der Waals surface area (Å²) in [5.74, 6) is 0. The first-order chi connectivity index (χ1) is 8.49. The van der Waals surface area contributed by atoms with Crippen molar-refractivity contribution in [2.45, 2.75) is 4.90 Å². The van der Waals surface area contributed by atoms with E-state index in [0.717, 1.165) is 11.1 Å². The minimum atomic E-state index is -1.18. The molecule has 0 saturated carbocycles. The van der Waals surface area contributed by atoms with E-state index < -0.39 is 10.8 Å². The van der Waals surface area contributed by atoms with Gasteiger partial charge in [0.2, 0.25) is 0 Å². The molecule has 94 valence electrons. The van der Waals surface area contributed by atoms with E-state index in [4.69, 9.17) is 34.8 Å². The molecule has 0 aliphatic heterocycles. The van der Waals surface area contributed by atoms with Gasteiger partial charge in [-0.05, 0) is 29.8 Å². The number of halogens is 3. The molecule has 18 heavy (non-hydrogen) atoms. The second kappa shape index (κ2) is 5.62. The Bertz CT molecular complexity index is 608. The van der Waals surface area contributed by atoms with Gasteiger partial charge >= 0.3 is 0 Å². The van der Waals surface area contributed by atoms with Crippen molar-refractivity contribution in [2.24, 2.45) is 0 Å². The topological polar surface area (TPSA) is 17.1 Å². The minimum absolute atomic E-state index is 0.461. The summed E-state index contributed by atoms with van der Waals surface area (Å²) in [4.78, 5) is 0.536. The van der Waals surface area contributed by atoms with E-state index in [1.165, 1.54) is 0 Å². The SMILES string of the molecule is CS(=O)c1cc(Cl)cc(-c2ccc(Cl)cc2)c1Cl. The van der Waals surface area contributed by atoms with Gasteiger partial charge in [-0.25, -0.2) is 0 Å². The lowest BCUT2D eigenvalue weighted by Crippen LogP contribution is -1.92. The van der Waals surface area contributed by atoms with E-state index in [1.807, 2.05) is 12.1 Å². The van der Waals surface area contributed by atoms with Crippen LogP contribution in [-0.2, 0) is 10.8 Å². The van der Waals surface area contributed by atoms with Crippen molar-refractivity contribution in [3.8, 4) is 11.1 Å². The van der Waals surface area contributed by atoms with Gasteiger partial charge in [0.15, 0.2) is 0 Å². The Hall–Kier alpha value is -0.540. The number of hydrogen-bond acceptors (Lipinski definition) is 1. The summed E-state index contributed by atoms with van der Waals surface area (Å²) in [5, 5.41) is 1.62. The highest BCUT2D eigenvalue weighted by Gasteiger charge is 2.12. The third-order valence-electron chi connectivity index (χ3n) is 2.47. The molecule has 0 amide bonds. The molecule has 1 unspecified atom stereocenters. The monoisotopic (exact) mass is 318 g/mol. The summed E-state index contributed by atoms with van der Waals surface area (Å²) in [5.41, 5.74) is 1.64. The number of hydrogen-bond donors (Lipinski definition) is 0. The van der Waals surface area contributed by atoms with Crippen molar-refractivity contribution in [3.63, 3.8) is 0 Å². The van der Waals surface area contributed by atoms with E-state index in [0.29, 0.717) is 20.0 Å². The molecule has 0 bridgehead atoms. The molecule has 1 atom stereocenters. The minimum Gasteiger partial charge on any atom is -0.255 e. The third-order valence-corrected chi connectivity index (χ3v) is 4.40. The molecule has 0 aromatic heterocycles. The first-order valence-electron chi connectivity index (χ1n) is 5.07. The van der Waals surface area contributed by atoms with Crippen LogP contribution in [-0.4, -0.2) is 10.5 Å². The summed E-state index contributed by atoms with van der Waals surface area (Å²) in [6.07, 6.45) is 1.57. The fourth-order valence-corrected chi connectivity index (χ4v) is 3.22. The van der Waals surface area contributed by atoms with Crippen LogP contribution >= 0.6 is 34.8 Å². The molecule has 5 heteroatoms. The summed E-state index contributed by atoms with van der Waals surface area (Å²) in [6.45, 7) is 0. The average molecular weight is 320 g/mol. The molecule has 0 radical (unpaired) electrons. The van der Waals surface area contributed by atoms with Crippen molar-refractivity contribution in [1.82, 2.24) is 0 Å². The van der Waals surface area contributed by atoms with Crippen LogP contribution in [0.3, 0.4) is 0 Å². The first-order valence-corrected chi connectivity index (χ1v) is 7.76. The summed E-state index contributed by atoms with van der Waals surface area (Å²) in [6, 6.07) is 10.6. The molecular formula is C13H9Cl3OS. The summed E-state index contributed by atoms with van der Waals surface area (Å²) >= 11 is 18.1. The largest absolute Gasteiger partial charge is 0.255 e. The number of benzene rings is 2. The van der Waals surface area contributed by atoms with Crippen LogP contribution in [0, 0.1) is 0 Å². The number of rotatable bonds is 2. The van der Waals surface area contributed by atoms with Gasteiger partial charge in [-0.3, -0.25) is 4.21 Å². The summed E-state index contributed by atoms with van der Waals surface area (Å²) < 4.78 is 11.6. The predicted molar refractivity (Wildman–Crippen MR) is 79.2 cm³/mol. The van der Waals surface area contributed by atoms with Crippen LogP contribution in [0.15, 0.2) is 41.3 Å². The van der Waals surface area contributed by atoms with Crippen molar-refractivity contribution in [3.05, 3.63) is 51.5 Å². The van der Waals surface area contributed by atoms with Gasteiger partial charge in [-0.15, -0.1) is 0 Å². The molecule has 1 nitrogen and oxygen atoms in total. The van der Waals surface area contributed by atoms with Crippen LogP contribution in [0.4, 0.5) is 0 Å². The maximum atomic E-state index is 11.6. The molecule has 0 fully saturated rings. The van der Waals surface area contributed by atoms with E-state index >= 15 is 0 Å². The van der Waals surface area contributed by atoms with Crippen molar-refractivity contribution >= 4 is 45.6 Å². The molecule has 2 aromatic carbocycles. The Morgan fingerprint density at radius 3 is 2.11 bits per heavy atom. The third kappa shape index (κ3) is 2.89. The molecule has 0 heterocycles. The normalized spacial score (nSPS) is 12.4. The zero-order valence-corrected chi connectivity index (χ0v) is 12.5. The van der Waals surface area contributed by atoms with Crippen LogP contribution in [0.25, 0.3) is 11.1 Å². The second-order valence-electron chi connectivity index (χ2n) is 3.73. The van der Waals surface area contributed by atoms with Gasteiger partial charge in [0.05, 0.1) is 20.7 Å². The Morgan fingerprint density at radius 1 is 0.944 bits per heavy atom. The van der Waals surface area contributed by atoms with E-state index in [1.54, 1.807) is 30.5 Å². The van der Waals surface area contributed by atoms with Crippen LogP contribution in [0.5, 0.6) is 0 Å². The van der Waals surface area contributed by atoms with Gasteiger partial charge in [-0.1, -0.05) is 46.9 Å². The zero-order valence-electron chi connectivity index (χ0n) is 9.41. The quantitative estimate of drug-likeness (QED) is 0.757. The van der Waals surface area contributed by atoms with E-state index in [2.05, 4.69) is 0 Å². The fourth-order valence-electron chi connectivity index (χ4n) is 1.61. The van der Waals surface area contributed by atoms with Crippen LogP contribution in [0.2, 0.25) is 15.1 Å². The zero-order chi connectivity index (χ0) is 13.3. The van der Waals surface area contributed by atoms with Crippen molar-refractivity contribution in [1.29, 1.82) is 0 Å². The van der Waals surface area contributed by atoms with Gasteiger partial charge in [0.1, 0.15) is 0 Å². The average Bonchev–Trinajstić information content (AvgIpc) is 2.32. The van der Waals surface area contributed by atoms with Crippen LogP contribution in [0.1, 0.15) is 0 Å². The Labute approximate surface area is 123 Å². The molecule has 2 rings (SSSR count). The van der Waals surface area contributed by atoms with Crippen LogP contribution < -0.4 is 0 Å². The van der Waals surface area contributed by atoms with Crippen molar-refractivity contribution < 1.29 is 4.21 Å². The van der Waals surface area contributed by atoms with E-state index in [-0.39, 0.29) is 0 Å². The second-order valence-corrected chi connectivity index (χ2v) is 6.33. The van der Waals surface area contributed by atoms with Gasteiger partial charge in [-0.2, -0.15) is 0 Å². The maximum absolute atomic E-state index is 11.6. The van der Waals surface area contributed by atoms with Gasteiger partial charge in [0, 0.05) is 21.9 Å². The predicted octanol–water partition coefficient (Wildman–Crippen LogP) is 5.05. The fraction of sp³-hybridized carbons (Fsp3) is 0.0769. The molecular weight excluding hydrogens is 311 g/mol. The van der Waals surface area contributed by atoms with Gasteiger partial charge < -0.3 is 0 Å². The maximum Gasteiger partial charge on any atom is 0.0646 e. The van der Waals surface area contributed by atoms with E-state index in [9.17, 15) is 4.21 Å². The molecule has 0 N–H and O–H groups in total. The lowest BCUT2D eigenvalue weighted by Gasteiger charge is -2.09. The Morgan fingerprint density at radius 2 is 1.56 bits per heavy atom. The van der Waals surface area contributed by atoms with Crippen molar-refractivity contribution in [2.75, 3.05) is 6.26 Å².